The van der Waals surface area contributed by atoms with Crippen molar-refractivity contribution < 1.29 is 14.5 Å². The zero-order chi connectivity index (χ0) is 22.4. The van der Waals surface area contributed by atoms with Crippen LogP contribution >= 0.6 is 11.8 Å². The van der Waals surface area contributed by atoms with Crippen molar-refractivity contribution in [2.45, 2.75) is 24.9 Å². The van der Waals surface area contributed by atoms with E-state index in [1.54, 1.807) is 17.7 Å². The van der Waals surface area contributed by atoms with Crippen LogP contribution in [0.5, 0.6) is 0 Å². The molecule has 0 unspecified atom stereocenters. The second-order valence-electron chi connectivity index (χ2n) is 6.89. The Morgan fingerprint density at radius 2 is 1.90 bits per heavy atom. The number of rotatable bonds is 9. The molecule has 10 heteroatoms. The molecule has 0 spiro atoms. The predicted octanol–water partition coefficient (Wildman–Crippen LogP) is 3.58. The van der Waals surface area contributed by atoms with E-state index in [1.807, 2.05) is 31.2 Å². The van der Waals surface area contributed by atoms with Crippen molar-refractivity contribution in [2.24, 2.45) is 7.05 Å². The molecular formula is C21H21N5O4S. The van der Waals surface area contributed by atoms with E-state index in [9.17, 15) is 19.7 Å². The van der Waals surface area contributed by atoms with Gasteiger partial charge in [0.2, 0.25) is 5.91 Å². The van der Waals surface area contributed by atoms with Crippen LogP contribution < -0.4 is 5.32 Å². The molecule has 0 radical (unpaired) electrons. The van der Waals surface area contributed by atoms with Crippen LogP contribution in [0.25, 0.3) is 0 Å². The maximum absolute atomic E-state index is 12.4. The number of nitrogens with zero attached hydrogens (tertiary/aromatic N) is 4. The van der Waals surface area contributed by atoms with Gasteiger partial charge in [0.15, 0.2) is 10.9 Å². The van der Waals surface area contributed by atoms with Crippen LogP contribution in [0.15, 0.2) is 53.7 Å². The van der Waals surface area contributed by atoms with Gasteiger partial charge in [0, 0.05) is 43.3 Å². The average molecular weight is 439 g/mol. The van der Waals surface area contributed by atoms with Crippen molar-refractivity contribution >= 4 is 34.8 Å². The number of carbonyl (C=O) groups is 2. The number of carbonyl (C=O) groups excluding carboxylic acids is 2. The third kappa shape index (κ3) is 5.98. The number of nitrogens with one attached hydrogen (secondary N) is 1. The van der Waals surface area contributed by atoms with Crippen molar-refractivity contribution in [3.63, 3.8) is 0 Å². The number of anilines is 1. The van der Waals surface area contributed by atoms with Gasteiger partial charge in [-0.1, -0.05) is 41.6 Å². The monoisotopic (exact) mass is 439 g/mol. The van der Waals surface area contributed by atoms with Gasteiger partial charge < -0.3 is 9.88 Å². The number of aryl methyl sites for hydroxylation is 2. The number of Topliss-reactive ketones (excluding diaryl/α,β-unsaturated/α-hetero) is 1. The van der Waals surface area contributed by atoms with Crippen LogP contribution in [-0.4, -0.2) is 37.1 Å². The molecule has 0 aliphatic heterocycles. The Bertz CT molecular complexity index is 1110. The first-order chi connectivity index (χ1) is 14.8. The number of nitro groups is 1. The van der Waals surface area contributed by atoms with Crippen molar-refractivity contribution in [1.29, 1.82) is 0 Å². The number of ketones is 1. The van der Waals surface area contributed by atoms with Gasteiger partial charge in [-0.25, -0.2) is 0 Å². The Morgan fingerprint density at radius 1 is 1.16 bits per heavy atom. The van der Waals surface area contributed by atoms with E-state index in [4.69, 9.17) is 0 Å². The van der Waals surface area contributed by atoms with Gasteiger partial charge in [0.25, 0.3) is 5.69 Å². The SMILES string of the molecule is Cc1ccc(NC(=O)CCc2nnc(SCC(=O)c3cccc([N+](=O)[O-])c3)n2C)cc1. The van der Waals surface area contributed by atoms with Crippen LogP contribution in [0.2, 0.25) is 0 Å². The summed E-state index contributed by atoms with van der Waals surface area (Å²) in [4.78, 5) is 34.9. The first kappa shape index (κ1) is 22.2. The third-order valence-electron chi connectivity index (χ3n) is 4.55. The topological polar surface area (TPSA) is 120 Å². The molecule has 0 saturated heterocycles. The van der Waals surface area contributed by atoms with Gasteiger partial charge in [-0.15, -0.1) is 10.2 Å². The van der Waals surface area contributed by atoms with Gasteiger partial charge in [0.05, 0.1) is 10.7 Å². The lowest BCUT2D eigenvalue weighted by molar-refractivity contribution is -0.384. The third-order valence-corrected chi connectivity index (χ3v) is 5.57. The zero-order valence-corrected chi connectivity index (χ0v) is 17.9. The number of amides is 1. The number of non-ortho nitro benzene ring substituents is 1. The highest BCUT2D eigenvalue weighted by atomic mass is 32.2. The molecule has 1 heterocycles. The summed E-state index contributed by atoms with van der Waals surface area (Å²) in [7, 11) is 1.77. The molecule has 1 amide bonds. The van der Waals surface area contributed by atoms with Gasteiger partial charge >= 0.3 is 0 Å². The van der Waals surface area contributed by atoms with Crippen molar-refractivity contribution in [3.05, 3.63) is 75.6 Å². The lowest BCUT2D eigenvalue weighted by Gasteiger charge is -2.06. The second kappa shape index (κ2) is 9.98. The Hall–Kier alpha value is -3.53. The Labute approximate surface area is 183 Å². The molecular weight excluding hydrogens is 418 g/mol. The summed E-state index contributed by atoms with van der Waals surface area (Å²) in [5.41, 5.74) is 2.01. The second-order valence-corrected chi connectivity index (χ2v) is 7.83. The molecule has 1 aromatic heterocycles. The highest BCUT2D eigenvalue weighted by Gasteiger charge is 2.15. The number of hydrogen-bond acceptors (Lipinski definition) is 7. The molecule has 0 bridgehead atoms. The summed E-state index contributed by atoms with van der Waals surface area (Å²) in [6, 6.07) is 13.2. The number of aromatic nitrogens is 3. The first-order valence-corrected chi connectivity index (χ1v) is 10.5. The average Bonchev–Trinajstić information content (AvgIpc) is 3.11. The highest BCUT2D eigenvalue weighted by molar-refractivity contribution is 7.99. The van der Waals surface area contributed by atoms with Crippen LogP contribution in [0, 0.1) is 17.0 Å². The lowest BCUT2D eigenvalue weighted by atomic mass is 10.1. The van der Waals surface area contributed by atoms with Crippen molar-refractivity contribution in [1.82, 2.24) is 14.8 Å². The first-order valence-electron chi connectivity index (χ1n) is 9.48. The summed E-state index contributed by atoms with van der Waals surface area (Å²) >= 11 is 1.19. The van der Waals surface area contributed by atoms with E-state index in [0.29, 0.717) is 17.4 Å². The Balaban J connectivity index is 1.53. The summed E-state index contributed by atoms with van der Waals surface area (Å²) in [5, 5.41) is 22.4. The lowest BCUT2D eigenvalue weighted by Crippen LogP contribution is -2.13. The summed E-state index contributed by atoms with van der Waals surface area (Å²) < 4.78 is 1.74. The van der Waals surface area contributed by atoms with E-state index < -0.39 is 4.92 Å². The van der Waals surface area contributed by atoms with Gasteiger partial charge in [-0.05, 0) is 19.1 Å². The van der Waals surface area contributed by atoms with E-state index in [2.05, 4.69) is 15.5 Å². The highest BCUT2D eigenvalue weighted by Crippen LogP contribution is 2.20. The van der Waals surface area contributed by atoms with E-state index >= 15 is 0 Å². The van der Waals surface area contributed by atoms with Crippen LogP contribution in [0.1, 0.15) is 28.2 Å². The van der Waals surface area contributed by atoms with Gasteiger partial charge in [-0.3, -0.25) is 19.7 Å². The molecule has 0 aliphatic carbocycles. The zero-order valence-electron chi connectivity index (χ0n) is 17.1. The standard InChI is InChI=1S/C21H21N5O4S/c1-14-6-8-16(9-7-14)22-20(28)11-10-19-23-24-21(25(19)2)31-13-18(27)15-4-3-5-17(12-15)26(29)30/h3-9,12H,10-11,13H2,1-2H3,(H,22,28). The molecule has 2 aromatic carbocycles. The molecule has 0 saturated carbocycles. The molecule has 3 aromatic rings. The van der Waals surface area contributed by atoms with E-state index in [0.717, 1.165) is 11.3 Å². The van der Waals surface area contributed by atoms with Crippen LogP contribution in [-0.2, 0) is 18.3 Å². The number of hydrogen-bond donors (Lipinski definition) is 1. The predicted molar refractivity (Wildman–Crippen MR) is 117 cm³/mol. The fourth-order valence-electron chi connectivity index (χ4n) is 2.78. The van der Waals surface area contributed by atoms with Gasteiger partial charge in [-0.2, -0.15) is 0 Å². The molecule has 31 heavy (non-hydrogen) atoms. The molecule has 0 fully saturated rings. The van der Waals surface area contributed by atoms with Crippen LogP contribution in [0.3, 0.4) is 0 Å². The maximum Gasteiger partial charge on any atom is 0.270 e. The number of nitro benzene ring substituents is 1. The van der Waals surface area contributed by atoms with E-state index in [1.165, 1.54) is 30.0 Å². The van der Waals surface area contributed by atoms with E-state index in [-0.39, 0.29) is 35.1 Å². The minimum Gasteiger partial charge on any atom is -0.326 e. The number of thioether (sulfide) groups is 1. The normalized spacial score (nSPS) is 10.6. The molecule has 0 aliphatic rings. The summed E-state index contributed by atoms with van der Waals surface area (Å²) in [5.74, 6) is 0.336. The quantitative estimate of drug-likeness (QED) is 0.234. The number of benzene rings is 2. The molecule has 9 nitrogen and oxygen atoms in total. The Morgan fingerprint density at radius 3 is 2.61 bits per heavy atom. The summed E-state index contributed by atoms with van der Waals surface area (Å²) in [6.07, 6.45) is 0.651. The maximum atomic E-state index is 12.4. The van der Waals surface area contributed by atoms with Crippen molar-refractivity contribution in [3.8, 4) is 0 Å². The fourth-order valence-corrected chi connectivity index (χ4v) is 3.60. The smallest absolute Gasteiger partial charge is 0.270 e. The molecule has 1 N–H and O–H groups in total. The minimum atomic E-state index is -0.534. The Kier molecular flexibility index (Phi) is 7.14. The molecule has 3 rings (SSSR count). The largest absolute Gasteiger partial charge is 0.326 e. The summed E-state index contributed by atoms with van der Waals surface area (Å²) in [6.45, 7) is 1.98. The fraction of sp³-hybridized carbons (Fsp3) is 0.238. The molecule has 160 valence electrons. The minimum absolute atomic E-state index is 0.0705. The van der Waals surface area contributed by atoms with Gasteiger partial charge in [0.1, 0.15) is 5.82 Å². The van der Waals surface area contributed by atoms with Crippen molar-refractivity contribution in [2.75, 3.05) is 11.1 Å². The van der Waals surface area contributed by atoms with Crippen LogP contribution in [0.4, 0.5) is 11.4 Å². The molecule has 0 atom stereocenters.